The molecule has 2 aliphatic rings. The minimum atomic E-state index is -0.535. The molecule has 0 bridgehead atoms. The normalized spacial score (nSPS) is 19.6. The molecule has 0 saturated carbocycles. The lowest BCUT2D eigenvalue weighted by molar-refractivity contribution is -0.384. The Kier molecular flexibility index (Phi) is 6.76. The summed E-state index contributed by atoms with van der Waals surface area (Å²) in [5.41, 5.74) is 8.13. The maximum absolute atomic E-state index is 13.6. The molecule has 9 heteroatoms. The minimum absolute atomic E-state index is 0.0203. The third kappa shape index (κ3) is 4.58. The number of nitro benzene ring substituents is 1. The van der Waals surface area contributed by atoms with Crippen molar-refractivity contribution in [1.82, 2.24) is 0 Å². The molecule has 4 rings (SSSR count). The summed E-state index contributed by atoms with van der Waals surface area (Å²) in [7, 11) is 0. The molecule has 7 nitrogen and oxygen atoms in total. The van der Waals surface area contributed by atoms with Crippen LogP contribution in [0.3, 0.4) is 0 Å². The standard InChI is InChI=1S/C26H27ClN4O3S/c1-4-5-6-16-8-10-22(35-16)23-17(14-28)25(29)30(19-9-7-15(31(33)34)11-18(19)27)20-12-26(2,3)13-21(32)24(20)23/h7-11,23H,4-6,12-13,29H2,1-3H3. The van der Waals surface area contributed by atoms with Gasteiger partial charge in [-0.1, -0.05) is 38.8 Å². The number of nitro groups is 1. The number of hydrogen-bond acceptors (Lipinski definition) is 7. The molecule has 1 aliphatic heterocycles. The van der Waals surface area contributed by atoms with Gasteiger partial charge in [-0.05, 0) is 42.9 Å². The first-order valence-electron chi connectivity index (χ1n) is 11.6. The SMILES string of the molecule is CCCCc1ccc(C2C(C#N)=C(N)N(c3ccc([N+](=O)[O-])cc3Cl)C3=C2C(=O)CC(C)(C)C3)s1. The molecule has 2 heterocycles. The lowest BCUT2D eigenvalue weighted by Crippen LogP contribution is -2.42. The highest BCUT2D eigenvalue weighted by Gasteiger charge is 2.45. The summed E-state index contributed by atoms with van der Waals surface area (Å²) < 4.78 is 0. The van der Waals surface area contributed by atoms with Gasteiger partial charge in [0.1, 0.15) is 5.82 Å². The second kappa shape index (κ2) is 9.48. The highest BCUT2D eigenvalue weighted by atomic mass is 35.5. The topological polar surface area (TPSA) is 113 Å². The Hall–Kier alpha value is -3.15. The van der Waals surface area contributed by atoms with Crippen LogP contribution in [0.25, 0.3) is 0 Å². The number of nitriles is 1. The molecular formula is C26H27ClN4O3S. The number of anilines is 1. The average Bonchev–Trinajstić information content (AvgIpc) is 3.25. The van der Waals surface area contributed by atoms with Crippen molar-refractivity contribution in [1.29, 1.82) is 5.26 Å². The van der Waals surface area contributed by atoms with Crippen LogP contribution < -0.4 is 10.6 Å². The first-order chi connectivity index (χ1) is 16.6. The molecule has 1 unspecified atom stereocenters. The van der Waals surface area contributed by atoms with Crippen LogP contribution in [-0.2, 0) is 11.2 Å². The minimum Gasteiger partial charge on any atom is -0.384 e. The molecule has 0 saturated heterocycles. The number of thiophene rings is 1. The number of carbonyl (C=O) groups excluding carboxylic acids is 1. The van der Waals surface area contributed by atoms with Crippen molar-refractivity contribution < 1.29 is 9.72 Å². The fourth-order valence-electron chi connectivity index (χ4n) is 4.89. The zero-order valence-corrected chi connectivity index (χ0v) is 21.5. The van der Waals surface area contributed by atoms with Crippen molar-refractivity contribution in [2.45, 2.75) is 58.8 Å². The maximum atomic E-state index is 13.6. The number of ketones is 1. The van der Waals surface area contributed by atoms with E-state index in [4.69, 9.17) is 17.3 Å². The van der Waals surface area contributed by atoms with Gasteiger partial charge in [0.25, 0.3) is 5.69 Å². The number of benzene rings is 1. The Bertz CT molecular complexity index is 1320. The van der Waals surface area contributed by atoms with Gasteiger partial charge in [-0.2, -0.15) is 5.26 Å². The number of non-ortho nitro benzene ring substituents is 1. The molecule has 0 spiro atoms. The van der Waals surface area contributed by atoms with E-state index in [1.54, 1.807) is 16.2 Å². The lowest BCUT2D eigenvalue weighted by Gasteiger charge is -2.43. The van der Waals surface area contributed by atoms with E-state index in [0.29, 0.717) is 29.8 Å². The molecule has 2 N–H and O–H groups in total. The molecule has 0 fully saturated rings. The van der Waals surface area contributed by atoms with E-state index in [9.17, 15) is 20.2 Å². The summed E-state index contributed by atoms with van der Waals surface area (Å²) in [6.07, 6.45) is 4.01. The van der Waals surface area contributed by atoms with Gasteiger partial charge in [0.05, 0.1) is 33.2 Å². The van der Waals surface area contributed by atoms with Crippen LogP contribution in [0.2, 0.25) is 5.02 Å². The number of allylic oxidation sites excluding steroid dienone is 3. The van der Waals surface area contributed by atoms with Crippen molar-refractivity contribution in [2.75, 3.05) is 4.90 Å². The monoisotopic (exact) mass is 510 g/mol. The van der Waals surface area contributed by atoms with Crippen LogP contribution in [0.5, 0.6) is 0 Å². The number of aryl methyl sites for hydroxylation is 1. The molecule has 0 amide bonds. The van der Waals surface area contributed by atoms with Crippen LogP contribution in [0.4, 0.5) is 11.4 Å². The molecular weight excluding hydrogens is 484 g/mol. The summed E-state index contributed by atoms with van der Waals surface area (Å²) in [6, 6.07) is 10.5. The first kappa shape index (κ1) is 25.0. The van der Waals surface area contributed by atoms with Crippen LogP contribution in [0.15, 0.2) is 53.0 Å². The second-order valence-corrected chi connectivity index (χ2v) is 11.4. The second-order valence-electron chi connectivity index (χ2n) is 9.78. The fraction of sp³-hybridized carbons (Fsp3) is 0.385. The lowest BCUT2D eigenvalue weighted by atomic mass is 9.69. The number of Topliss-reactive ketones (excluding diaryl/α,β-unsaturated/α-hetero) is 1. The largest absolute Gasteiger partial charge is 0.384 e. The van der Waals surface area contributed by atoms with E-state index in [-0.39, 0.29) is 33.3 Å². The van der Waals surface area contributed by atoms with Gasteiger partial charge in [0.2, 0.25) is 0 Å². The van der Waals surface area contributed by atoms with Crippen molar-refractivity contribution >= 4 is 40.1 Å². The maximum Gasteiger partial charge on any atom is 0.271 e. The summed E-state index contributed by atoms with van der Waals surface area (Å²) in [6.45, 7) is 6.18. The smallest absolute Gasteiger partial charge is 0.271 e. The third-order valence-corrected chi connectivity index (χ3v) is 8.02. The molecule has 35 heavy (non-hydrogen) atoms. The van der Waals surface area contributed by atoms with E-state index in [2.05, 4.69) is 19.1 Å². The van der Waals surface area contributed by atoms with Gasteiger partial charge >= 0.3 is 0 Å². The van der Waals surface area contributed by atoms with Crippen LogP contribution in [0, 0.1) is 26.9 Å². The van der Waals surface area contributed by atoms with Crippen molar-refractivity contribution in [3.8, 4) is 6.07 Å². The number of nitrogens with two attached hydrogens (primary N) is 1. The average molecular weight is 511 g/mol. The molecule has 1 aromatic carbocycles. The summed E-state index contributed by atoms with van der Waals surface area (Å²) >= 11 is 8.11. The molecule has 1 aromatic heterocycles. The molecule has 182 valence electrons. The number of nitrogens with zero attached hydrogens (tertiary/aromatic N) is 3. The summed E-state index contributed by atoms with van der Waals surface area (Å²) in [5.74, 6) is -0.360. The van der Waals surface area contributed by atoms with Gasteiger partial charge in [0.15, 0.2) is 5.78 Å². The fourth-order valence-corrected chi connectivity index (χ4v) is 6.33. The Balaban J connectivity index is 1.92. The highest BCUT2D eigenvalue weighted by molar-refractivity contribution is 7.12. The number of unbranched alkanes of at least 4 members (excludes halogenated alkanes) is 1. The van der Waals surface area contributed by atoms with E-state index < -0.39 is 10.8 Å². The summed E-state index contributed by atoms with van der Waals surface area (Å²) in [4.78, 5) is 28.1. The zero-order valence-electron chi connectivity index (χ0n) is 19.9. The Morgan fingerprint density at radius 2 is 2.06 bits per heavy atom. The van der Waals surface area contributed by atoms with Crippen LogP contribution in [-0.4, -0.2) is 10.7 Å². The van der Waals surface area contributed by atoms with Gasteiger partial charge in [-0.15, -0.1) is 11.3 Å². The van der Waals surface area contributed by atoms with E-state index in [0.717, 1.165) is 24.1 Å². The molecule has 1 atom stereocenters. The van der Waals surface area contributed by atoms with E-state index in [1.807, 2.05) is 19.9 Å². The molecule has 0 radical (unpaired) electrons. The molecule has 1 aliphatic carbocycles. The van der Waals surface area contributed by atoms with Gasteiger partial charge in [-0.3, -0.25) is 19.8 Å². The van der Waals surface area contributed by atoms with Crippen molar-refractivity contribution in [2.24, 2.45) is 11.1 Å². The van der Waals surface area contributed by atoms with Crippen molar-refractivity contribution in [3.05, 3.63) is 77.9 Å². The van der Waals surface area contributed by atoms with E-state index >= 15 is 0 Å². The predicted octanol–water partition coefficient (Wildman–Crippen LogP) is 6.59. The zero-order chi connectivity index (χ0) is 25.5. The number of carbonyl (C=O) groups is 1. The number of hydrogen-bond donors (Lipinski definition) is 1. The third-order valence-electron chi connectivity index (χ3n) is 6.51. The van der Waals surface area contributed by atoms with Crippen LogP contribution >= 0.6 is 22.9 Å². The predicted molar refractivity (Wildman–Crippen MR) is 138 cm³/mol. The first-order valence-corrected chi connectivity index (χ1v) is 12.8. The van der Waals surface area contributed by atoms with Crippen LogP contribution in [0.1, 0.15) is 62.1 Å². The Morgan fingerprint density at radius 1 is 1.31 bits per heavy atom. The number of halogens is 1. The Labute approximate surface area is 213 Å². The number of rotatable bonds is 6. The molecule has 2 aromatic rings. The summed E-state index contributed by atoms with van der Waals surface area (Å²) in [5, 5.41) is 21.6. The van der Waals surface area contributed by atoms with Gasteiger partial charge in [-0.25, -0.2) is 0 Å². The van der Waals surface area contributed by atoms with E-state index in [1.165, 1.54) is 23.1 Å². The Morgan fingerprint density at radius 3 is 2.69 bits per heavy atom. The van der Waals surface area contributed by atoms with Gasteiger partial charge < -0.3 is 5.73 Å². The van der Waals surface area contributed by atoms with Gasteiger partial charge in [0, 0.05) is 39.6 Å². The van der Waals surface area contributed by atoms with Crippen molar-refractivity contribution in [3.63, 3.8) is 0 Å². The quantitative estimate of drug-likeness (QED) is 0.346. The highest BCUT2D eigenvalue weighted by Crippen LogP contribution is 2.52.